The monoisotopic (exact) mass is 776 g/mol. The van der Waals surface area contributed by atoms with Gasteiger partial charge in [0.05, 0.1) is 19.8 Å². The summed E-state index contributed by atoms with van der Waals surface area (Å²) < 4.78 is 40.0. The van der Waals surface area contributed by atoms with Crippen LogP contribution in [0, 0.1) is 0 Å². The maximum Gasteiger partial charge on any atom is 0.474 e. The molecule has 316 valence electrons. The summed E-state index contributed by atoms with van der Waals surface area (Å²) in [6, 6.07) is 0. The molecule has 0 aromatic rings. The lowest BCUT2D eigenvalue weighted by molar-refractivity contribution is -0.161. The molecule has 0 aliphatic heterocycles. The van der Waals surface area contributed by atoms with Crippen molar-refractivity contribution in [1.82, 2.24) is 0 Å². The molecule has 0 rings (SSSR count). The van der Waals surface area contributed by atoms with Gasteiger partial charge in [-0.3, -0.25) is 23.2 Å². The minimum absolute atomic E-state index is 0.00480. The Hall–Kier alpha value is -0.990. The summed E-state index contributed by atoms with van der Waals surface area (Å²) in [5.74, 6) is -0.726. The first-order valence-corrected chi connectivity index (χ1v) is 24.0. The standard InChI is InChI=1S/C43H86NO8P/c1-4-7-9-11-13-15-17-19-21-23-25-27-29-31-33-35-42(45)48-39-41(40-51-53(47,49-6-3)50-38-37-44)52-43(46)36-34-32-30-28-26-24-22-20-18-16-14-12-10-8-5-2/h41H,4-40,44H2,1-3H3. The van der Waals surface area contributed by atoms with E-state index < -0.39 is 13.9 Å². The minimum Gasteiger partial charge on any atom is -0.462 e. The van der Waals surface area contributed by atoms with E-state index >= 15 is 0 Å². The van der Waals surface area contributed by atoms with Gasteiger partial charge in [0, 0.05) is 19.4 Å². The Kier molecular flexibility index (Phi) is 39.9. The number of rotatable bonds is 43. The third kappa shape index (κ3) is 37.7. The molecule has 0 saturated carbocycles. The zero-order valence-electron chi connectivity index (χ0n) is 35.0. The maximum atomic E-state index is 12.9. The molecule has 0 radical (unpaired) electrons. The number of hydrogen-bond donors (Lipinski definition) is 1. The molecule has 10 heteroatoms. The van der Waals surface area contributed by atoms with E-state index in [9.17, 15) is 14.2 Å². The number of unbranched alkanes of at least 4 members (excludes halogenated alkanes) is 28. The van der Waals surface area contributed by atoms with E-state index in [1.807, 2.05) is 0 Å². The average molecular weight is 776 g/mol. The lowest BCUT2D eigenvalue weighted by Crippen LogP contribution is -2.29. The summed E-state index contributed by atoms with van der Waals surface area (Å²) in [6.07, 6.45) is 37.4. The highest BCUT2D eigenvalue weighted by molar-refractivity contribution is 7.48. The van der Waals surface area contributed by atoms with Gasteiger partial charge in [0.1, 0.15) is 6.61 Å². The fourth-order valence-electron chi connectivity index (χ4n) is 6.51. The van der Waals surface area contributed by atoms with Gasteiger partial charge < -0.3 is 15.2 Å². The number of carbonyl (C=O) groups is 2. The van der Waals surface area contributed by atoms with Crippen LogP contribution in [-0.2, 0) is 37.2 Å². The lowest BCUT2D eigenvalue weighted by atomic mass is 10.0. The fourth-order valence-corrected chi connectivity index (χ4v) is 7.73. The lowest BCUT2D eigenvalue weighted by Gasteiger charge is -2.22. The second-order valence-electron chi connectivity index (χ2n) is 15.0. The molecule has 2 atom stereocenters. The van der Waals surface area contributed by atoms with Crippen molar-refractivity contribution in [2.75, 3.05) is 33.0 Å². The smallest absolute Gasteiger partial charge is 0.462 e. The van der Waals surface area contributed by atoms with Gasteiger partial charge in [-0.15, -0.1) is 0 Å². The molecule has 0 aromatic heterocycles. The Bertz CT molecular complexity index is 845. The molecule has 0 aromatic carbocycles. The highest BCUT2D eigenvalue weighted by Crippen LogP contribution is 2.49. The molecule has 0 fully saturated rings. The van der Waals surface area contributed by atoms with E-state index in [-0.39, 0.29) is 51.3 Å². The van der Waals surface area contributed by atoms with Gasteiger partial charge in [0.2, 0.25) is 0 Å². The molecule has 0 spiro atoms. The second-order valence-corrected chi connectivity index (χ2v) is 16.6. The normalized spacial score (nSPS) is 13.2. The number of phosphoric acid groups is 1. The van der Waals surface area contributed by atoms with Gasteiger partial charge in [0.15, 0.2) is 6.10 Å². The van der Waals surface area contributed by atoms with Crippen LogP contribution < -0.4 is 5.73 Å². The topological polar surface area (TPSA) is 123 Å². The van der Waals surface area contributed by atoms with Crippen LogP contribution in [0.25, 0.3) is 0 Å². The molecule has 2 N–H and O–H groups in total. The Morgan fingerprint density at radius 1 is 0.472 bits per heavy atom. The molecular weight excluding hydrogens is 689 g/mol. The minimum atomic E-state index is -3.89. The fraction of sp³-hybridized carbons (Fsp3) is 0.953. The van der Waals surface area contributed by atoms with Crippen molar-refractivity contribution in [2.24, 2.45) is 5.73 Å². The maximum absolute atomic E-state index is 12.9. The van der Waals surface area contributed by atoms with E-state index in [0.717, 1.165) is 38.5 Å². The molecule has 0 aliphatic carbocycles. The first kappa shape index (κ1) is 52.0. The molecule has 0 saturated heterocycles. The van der Waals surface area contributed by atoms with Crippen molar-refractivity contribution < 1.29 is 37.2 Å². The largest absolute Gasteiger partial charge is 0.474 e. The first-order valence-electron chi connectivity index (χ1n) is 22.5. The molecule has 0 heterocycles. The van der Waals surface area contributed by atoms with Crippen molar-refractivity contribution in [3.63, 3.8) is 0 Å². The predicted octanol–water partition coefficient (Wildman–Crippen LogP) is 13.1. The number of hydrogen-bond acceptors (Lipinski definition) is 9. The molecule has 0 amide bonds. The summed E-state index contributed by atoms with van der Waals surface area (Å²) >= 11 is 0. The highest BCUT2D eigenvalue weighted by Gasteiger charge is 2.29. The van der Waals surface area contributed by atoms with Crippen LogP contribution in [-0.4, -0.2) is 51.0 Å². The van der Waals surface area contributed by atoms with E-state index in [1.54, 1.807) is 6.92 Å². The molecule has 53 heavy (non-hydrogen) atoms. The van der Waals surface area contributed by atoms with Gasteiger partial charge >= 0.3 is 19.8 Å². The summed E-state index contributed by atoms with van der Waals surface area (Å²) in [7, 11) is -3.89. The molecule has 9 nitrogen and oxygen atoms in total. The second kappa shape index (κ2) is 40.7. The predicted molar refractivity (Wildman–Crippen MR) is 220 cm³/mol. The van der Waals surface area contributed by atoms with Crippen LogP contribution in [0.5, 0.6) is 0 Å². The zero-order chi connectivity index (χ0) is 38.9. The summed E-state index contributed by atoms with van der Waals surface area (Å²) in [5, 5.41) is 0. The highest BCUT2D eigenvalue weighted by atomic mass is 31.2. The van der Waals surface area contributed by atoms with Gasteiger partial charge in [-0.25, -0.2) is 4.57 Å². The van der Waals surface area contributed by atoms with E-state index in [0.29, 0.717) is 6.42 Å². The van der Waals surface area contributed by atoms with Crippen molar-refractivity contribution in [2.45, 2.75) is 232 Å². The summed E-state index contributed by atoms with van der Waals surface area (Å²) in [4.78, 5) is 25.2. The quantitative estimate of drug-likeness (QED) is 0.0366. The van der Waals surface area contributed by atoms with Crippen LogP contribution in [0.1, 0.15) is 226 Å². The average Bonchev–Trinajstić information content (AvgIpc) is 3.15. The molecular formula is C43H86NO8P. The Balaban J connectivity index is 4.28. The molecule has 0 aliphatic rings. The number of nitrogens with two attached hydrogens (primary N) is 1. The van der Waals surface area contributed by atoms with E-state index in [2.05, 4.69) is 13.8 Å². The van der Waals surface area contributed by atoms with Gasteiger partial charge in [-0.2, -0.15) is 0 Å². The van der Waals surface area contributed by atoms with E-state index in [1.165, 1.54) is 154 Å². The summed E-state index contributed by atoms with van der Waals surface area (Å²) in [6.45, 7) is 6.00. The van der Waals surface area contributed by atoms with Crippen molar-refractivity contribution in [3.8, 4) is 0 Å². The number of carbonyl (C=O) groups excluding carboxylic acids is 2. The van der Waals surface area contributed by atoms with Crippen LogP contribution >= 0.6 is 7.82 Å². The van der Waals surface area contributed by atoms with Crippen LogP contribution in [0.4, 0.5) is 0 Å². The van der Waals surface area contributed by atoms with Crippen LogP contribution in [0.3, 0.4) is 0 Å². The number of ether oxygens (including phenoxy) is 2. The van der Waals surface area contributed by atoms with Crippen molar-refractivity contribution in [1.29, 1.82) is 0 Å². The van der Waals surface area contributed by atoms with Crippen LogP contribution in [0.15, 0.2) is 0 Å². The van der Waals surface area contributed by atoms with Crippen molar-refractivity contribution in [3.05, 3.63) is 0 Å². The van der Waals surface area contributed by atoms with Crippen LogP contribution in [0.2, 0.25) is 0 Å². The third-order valence-electron chi connectivity index (χ3n) is 9.77. The van der Waals surface area contributed by atoms with Crippen molar-refractivity contribution >= 4 is 19.8 Å². The molecule has 0 bridgehead atoms. The third-order valence-corrected chi connectivity index (χ3v) is 11.3. The summed E-state index contributed by atoms with van der Waals surface area (Å²) in [5.41, 5.74) is 5.50. The first-order chi connectivity index (χ1) is 25.9. The number of esters is 2. The van der Waals surface area contributed by atoms with Gasteiger partial charge in [-0.1, -0.05) is 194 Å². The Morgan fingerprint density at radius 3 is 1.19 bits per heavy atom. The Labute approximate surface area is 327 Å². The van der Waals surface area contributed by atoms with E-state index in [4.69, 9.17) is 28.8 Å². The zero-order valence-corrected chi connectivity index (χ0v) is 35.9. The van der Waals surface area contributed by atoms with Gasteiger partial charge in [-0.05, 0) is 19.8 Å². The SMILES string of the molecule is CCCCCCCCCCCCCCCCCC(=O)OCC(COP(=O)(OCC)OCCN)OC(=O)CCCCCCCCCCCCCCCCC. The Morgan fingerprint density at radius 2 is 0.830 bits per heavy atom. The van der Waals surface area contributed by atoms with Gasteiger partial charge in [0.25, 0.3) is 0 Å². The number of phosphoric ester groups is 1. The molecule has 2 unspecified atom stereocenters.